The summed E-state index contributed by atoms with van der Waals surface area (Å²) >= 11 is 0. The molecule has 2 heterocycles. The van der Waals surface area contributed by atoms with Crippen LogP contribution in [0.15, 0.2) is 77.8 Å². The maximum Gasteiger partial charge on any atom is 0.241 e. The van der Waals surface area contributed by atoms with Crippen LogP contribution in [-0.2, 0) is 10.0 Å². The van der Waals surface area contributed by atoms with Gasteiger partial charge in [0.2, 0.25) is 10.0 Å². The Balaban J connectivity index is 1.69. The summed E-state index contributed by atoms with van der Waals surface area (Å²) in [5.41, 5.74) is 1.42. The average molecular weight is 396 g/mol. The summed E-state index contributed by atoms with van der Waals surface area (Å²) in [5, 5.41) is 0. The normalized spacial score (nSPS) is 14.9. The Morgan fingerprint density at radius 2 is 1.64 bits per heavy atom. The molecule has 7 heteroatoms. The van der Waals surface area contributed by atoms with Crippen LogP contribution in [0.1, 0.15) is 23.7 Å². The molecule has 6 nitrogen and oxygen atoms in total. The summed E-state index contributed by atoms with van der Waals surface area (Å²) in [6, 6.07) is 18.8. The Labute approximate surface area is 164 Å². The van der Waals surface area contributed by atoms with Gasteiger partial charge in [-0.15, -0.1) is 0 Å². The number of pyridine rings is 1. The van der Waals surface area contributed by atoms with Crippen molar-refractivity contribution in [3.63, 3.8) is 0 Å². The molecule has 0 radical (unpaired) electrons. The summed E-state index contributed by atoms with van der Waals surface area (Å²) < 4.78 is 40.2. The molecule has 1 aliphatic heterocycles. The zero-order valence-corrected chi connectivity index (χ0v) is 15.9. The standard InChI is InChI=1S/C21H20N2O4S/c24-28(25,17-10-11-19-20(15-17)27-14-6-13-26-19)23-21(16-7-2-1-3-8-16)18-9-4-5-12-22-18/h1-5,7-12,15,21,23H,6,13-14H2. The Hall–Kier alpha value is -2.90. The average Bonchev–Trinajstić information content (AvgIpc) is 2.98. The number of fused-ring (bicyclic) bond motifs is 1. The van der Waals surface area contributed by atoms with E-state index in [2.05, 4.69) is 9.71 Å². The minimum Gasteiger partial charge on any atom is -0.490 e. The molecule has 0 bridgehead atoms. The highest BCUT2D eigenvalue weighted by atomic mass is 32.2. The van der Waals surface area contributed by atoms with Gasteiger partial charge in [-0.05, 0) is 29.8 Å². The number of hydrogen-bond donors (Lipinski definition) is 1. The van der Waals surface area contributed by atoms with Crippen molar-refractivity contribution >= 4 is 10.0 Å². The number of nitrogens with zero attached hydrogens (tertiary/aromatic N) is 1. The van der Waals surface area contributed by atoms with E-state index in [0.29, 0.717) is 30.4 Å². The molecule has 3 aromatic rings. The molecule has 1 N–H and O–H groups in total. The largest absolute Gasteiger partial charge is 0.490 e. The number of sulfonamides is 1. The summed E-state index contributed by atoms with van der Waals surface area (Å²) in [5.74, 6) is 0.996. The molecule has 2 aromatic carbocycles. The second kappa shape index (κ2) is 8.00. The number of rotatable bonds is 5. The fourth-order valence-electron chi connectivity index (χ4n) is 3.03. The van der Waals surface area contributed by atoms with Gasteiger partial charge in [0.1, 0.15) is 0 Å². The number of nitrogens with one attached hydrogen (secondary N) is 1. The van der Waals surface area contributed by atoms with Crippen LogP contribution in [0.25, 0.3) is 0 Å². The molecule has 1 aliphatic rings. The number of benzene rings is 2. The van der Waals surface area contributed by atoms with Gasteiger partial charge < -0.3 is 9.47 Å². The Kier molecular flexibility index (Phi) is 5.27. The third-order valence-corrected chi connectivity index (χ3v) is 5.84. The predicted octanol–water partition coefficient (Wildman–Crippen LogP) is 3.31. The highest BCUT2D eigenvalue weighted by Gasteiger charge is 2.25. The highest BCUT2D eigenvalue weighted by molar-refractivity contribution is 7.89. The van der Waals surface area contributed by atoms with E-state index < -0.39 is 16.1 Å². The molecule has 0 aliphatic carbocycles. The first-order chi connectivity index (χ1) is 13.6. The molecule has 0 saturated heterocycles. The Morgan fingerprint density at radius 1 is 0.893 bits per heavy atom. The predicted molar refractivity (Wildman–Crippen MR) is 105 cm³/mol. The van der Waals surface area contributed by atoms with Gasteiger partial charge in [0.25, 0.3) is 0 Å². The van der Waals surface area contributed by atoms with Gasteiger partial charge in [-0.25, -0.2) is 8.42 Å². The third-order valence-electron chi connectivity index (χ3n) is 4.42. The van der Waals surface area contributed by atoms with E-state index in [1.54, 1.807) is 24.4 Å². The van der Waals surface area contributed by atoms with Crippen LogP contribution in [0.4, 0.5) is 0 Å². The lowest BCUT2D eigenvalue weighted by atomic mass is 10.0. The first kappa shape index (κ1) is 18.5. The second-order valence-corrected chi connectivity index (χ2v) is 8.09. The van der Waals surface area contributed by atoms with Crippen LogP contribution in [0, 0.1) is 0 Å². The van der Waals surface area contributed by atoms with Gasteiger partial charge in [-0.1, -0.05) is 36.4 Å². The molecular weight excluding hydrogens is 376 g/mol. The van der Waals surface area contributed by atoms with Crippen LogP contribution in [-0.4, -0.2) is 26.6 Å². The summed E-state index contributed by atoms with van der Waals surface area (Å²) in [6.07, 6.45) is 2.40. The van der Waals surface area contributed by atoms with Gasteiger partial charge in [0.05, 0.1) is 29.8 Å². The van der Waals surface area contributed by atoms with Crippen molar-refractivity contribution in [3.8, 4) is 11.5 Å². The van der Waals surface area contributed by atoms with Gasteiger partial charge >= 0.3 is 0 Å². The van der Waals surface area contributed by atoms with Crippen molar-refractivity contribution in [3.05, 3.63) is 84.2 Å². The van der Waals surface area contributed by atoms with Crippen LogP contribution in [0.5, 0.6) is 11.5 Å². The van der Waals surface area contributed by atoms with E-state index in [1.807, 2.05) is 36.4 Å². The molecule has 4 rings (SSSR count). The van der Waals surface area contributed by atoms with Gasteiger partial charge in [-0.3, -0.25) is 4.98 Å². The van der Waals surface area contributed by atoms with Crippen LogP contribution < -0.4 is 14.2 Å². The fourth-order valence-corrected chi connectivity index (χ4v) is 4.24. The molecular formula is C21H20N2O4S. The first-order valence-electron chi connectivity index (χ1n) is 9.01. The van der Waals surface area contributed by atoms with Gasteiger partial charge in [-0.2, -0.15) is 4.72 Å². The number of ether oxygens (including phenoxy) is 2. The zero-order chi connectivity index (χ0) is 19.4. The first-order valence-corrected chi connectivity index (χ1v) is 10.5. The zero-order valence-electron chi connectivity index (χ0n) is 15.1. The van der Waals surface area contributed by atoms with Gasteiger partial charge in [0, 0.05) is 18.7 Å². The monoisotopic (exact) mass is 396 g/mol. The van der Waals surface area contributed by atoms with Crippen LogP contribution >= 0.6 is 0 Å². The van der Waals surface area contributed by atoms with E-state index in [0.717, 1.165) is 12.0 Å². The molecule has 0 saturated carbocycles. The fraction of sp³-hybridized carbons (Fsp3) is 0.190. The molecule has 1 atom stereocenters. The van der Waals surface area contributed by atoms with E-state index in [1.165, 1.54) is 12.1 Å². The molecule has 0 spiro atoms. The minimum atomic E-state index is -3.83. The minimum absolute atomic E-state index is 0.119. The Bertz CT molecular complexity index is 1000. The molecule has 28 heavy (non-hydrogen) atoms. The topological polar surface area (TPSA) is 77.5 Å². The highest BCUT2D eigenvalue weighted by Crippen LogP contribution is 2.32. The van der Waals surface area contributed by atoms with Crippen molar-refractivity contribution in [1.29, 1.82) is 0 Å². The van der Waals surface area contributed by atoms with Crippen LogP contribution in [0.3, 0.4) is 0 Å². The summed E-state index contributed by atoms with van der Waals surface area (Å²) in [7, 11) is -3.83. The van der Waals surface area contributed by atoms with E-state index >= 15 is 0 Å². The maximum absolute atomic E-state index is 13.1. The lowest BCUT2D eigenvalue weighted by molar-refractivity contribution is 0.297. The molecule has 1 unspecified atom stereocenters. The van der Waals surface area contributed by atoms with E-state index in [4.69, 9.17) is 9.47 Å². The lowest BCUT2D eigenvalue weighted by Gasteiger charge is -2.19. The quantitative estimate of drug-likeness (QED) is 0.716. The number of aromatic nitrogens is 1. The third kappa shape index (κ3) is 4.00. The SMILES string of the molecule is O=S(=O)(NC(c1ccccc1)c1ccccn1)c1ccc2c(c1)OCCCO2. The van der Waals surface area contributed by atoms with Gasteiger partial charge in [0.15, 0.2) is 11.5 Å². The summed E-state index contributed by atoms with van der Waals surface area (Å²) in [6.45, 7) is 1.04. The van der Waals surface area contributed by atoms with Crippen molar-refractivity contribution in [2.24, 2.45) is 0 Å². The Morgan fingerprint density at radius 3 is 2.39 bits per heavy atom. The van der Waals surface area contributed by atoms with Crippen molar-refractivity contribution in [2.75, 3.05) is 13.2 Å². The van der Waals surface area contributed by atoms with Crippen LogP contribution in [0.2, 0.25) is 0 Å². The number of hydrogen-bond acceptors (Lipinski definition) is 5. The molecule has 0 amide bonds. The molecule has 144 valence electrons. The lowest BCUT2D eigenvalue weighted by Crippen LogP contribution is -2.30. The molecule has 1 aromatic heterocycles. The van der Waals surface area contributed by atoms with Crippen molar-refractivity contribution < 1.29 is 17.9 Å². The van der Waals surface area contributed by atoms with Crippen molar-refractivity contribution in [1.82, 2.24) is 9.71 Å². The smallest absolute Gasteiger partial charge is 0.241 e. The van der Waals surface area contributed by atoms with Crippen molar-refractivity contribution in [2.45, 2.75) is 17.4 Å². The van der Waals surface area contributed by atoms with E-state index in [-0.39, 0.29) is 4.90 Å². The second-order valence-electron chi connectivity index (χ2n) is 6.38. The maximum atomic E-state index is 13.1. The molecule has 0 fully saturated rings. The van der Waals surface area contributed by atoms with E-state index in [9.17, 15) is 8.42 Å². The summed E-state index contributed by atoms with van der Waals surface area (Å²) in [4.78, 5) is 4.46.